The van der Waals surface area contributed by atoms with E-state index in [4.69, 9.17) is 5.53 Å². The van der Waals surface area contributed by atoms with E-state index >= 15 is 0 Å². The Bertz CT molecular complexity index is 253. The van der Waals surface area contributed by atoms with Gasteiger partial charge in [-0.15, -0.1) is 0 Å². The van der Waals surface area contributed by atoms with E-state index in [-0.39, 0.29) is 11.8 Å². The van der Waals surface area contributed by atoms with E-state index in [9.17, 15) is 4.79 Å². The summed E-state index contributed by atoms with van der Waals surface area (Å²) in [4.78, 5) is 16.3. The van der Waals surface area contributed by atoms with Crippen molar-refractivity contribution in [2.75, 3.05) is 33.2 Å². The third-order valence-corrected chi connectivity index (χ3v) is 2.78. The Hall–Kier alpha value is -1.26. The number of amides is 1. The fraction of sp³-hybridized carbons (Fsp3) is 0.889. The average molecular weight is 211 g/mol. The van der Waals surface area contributed by atoms with Gasteiger partial charge in [-0.1, -0.05) is 5.11 Å². The van der Waals surface area contributed by atoms with Gasteiger partial charge in [0.2, 0.25) is 5.91 Å². The van der Waals surface area contributed by atoms with Crippen molar-refractivity contribution in [3.8, 4) is 0 Å². The lowest BCUT2D eigenvalue weighted by atomic mass is 9.96. The van der Waals surface area contributed by atoms with Crippen LogP contribution in [0.1, 0.15) is 12.8 Å². The molecule has 0 spiro atoms. The first-order valence-electron chi connectivity index (χ1n) is 5.22. The molecule has 0 aromatic heterocycles. The predicted molar refractivity (Wildman–Crippen MR) is 57.2 cm³/mol. The zero-order chi connectivity index (χ0) is 11.1. The van der Waals surface area contributed by atoms with Crippen LogP contribution < -0.4 is 5.32 Å². The molecule has 0 atom stereocenters. The van der Waals surface area contributed by atoms with Gasteiger partial charge < -0.3 is 10.2 Å². The molecule has 1 N–H and O–H groups in total. The van der Waals surface area contributed by atoms with Crippen molar-refractivity contribution >= 4 is 5.91 Å². The highest BCUT2D eigenvalue weighted by Gasteiger charge is 2.23. The summed E-state index contributed by atoms with van der Waals surface area (Å²) in [5.74, 6) is 0.301. The number of azide groups is 1. The van der Waals surface area contributed by atoms with Crippen molar-refractivity contribution in [2.24, 2.45) is 11.0 Å². The number of nitrogens with zero attached hydrogens (tertiary/aromatic N) is 4. The van der Waals surface area contributed by atoms with Crippen molar-refractivity contribution in [1.29, 1.82) is 0 Å². The maximum absolute atomic E-state index is 11.3. The Morgan fingerprint density at radius 3 is 2.80 bits per heavy atom. The van der Waals surface area contributed by atoms with Crippen LogP contribution in [0.25, 0.3) is 10.4 Å². The Labute approximate surface area is 89.3 Å². The van der Waals surface area contributed by atoms with E-state index in [1.54, 1.807) is 7.05 Å². The van der Waals surface area contributed by atoms with Gasteiger partial charge in [0, 0.05) is 31.0 Å². The first-order valence-corrected chi connectivity index (χ1v) is 5.22. The van der Waals surface area contributed by atoms with Gasteiger partial charge in [0.1, 0.15) is 0 Å². The number of carbonyl (C=O) groups is 1. The lowest BCUT2D eigenvalue weighted by Crippen LogP contribution is -2.40. The average Bonchev–Trinajstić information content (AvgIpc) is 2.29. The van der Waals surface area contributed by atoms with Crippen LogP contribution in [0.5, 0.6) is 0 Å². The monoisotopic (exact) mass is 211 g/mol. The third kappa shape index (κ3) is 3.77. The zero-order valence-corrected chi connectivity index (χ0v) is 9.02. The van der Waals surface area contributed by atoms with Crippen LogP contribution in [0.15, 0.2) is 5.11 Å². The number of nitrogens with one attached hydrogen (secondary N) is 1. The molecule has 1 fully saturated rings. The van der Waals surface area contributed by atoms with Crippen molar-refractivity contribution in [3.63, 3.8) is 0 Å². The molecule has 6 heteroatoms. The topological polar surface area (TPSA) is 81.1 Å². The summed E-state index contributed by atoms with van der Waals surface area (Å²) in [6.45, 7) is 3.14. The van der Waals surface area contributed by atoms with Gasteiger partial charge in [-0.3, -0.25) is 4.79 Å². The molecule has 0 unspecified atom stereocenters. The molecule has 1 aliphatic rings. The maximum atomic E-state index is 11.3. The maximum Gasteiger partial charge on any atom is 0.222 e. The van der Waals surface area contributed by atoms with Crippen LogP contribution in [-0.4, -0.2) is 44.0 Å². The van der Waals surface area contributed by atoms with Gasteiger partial charge in [-0.25, -0.2) is 0 Å². The Morgan fingerprint density at radius 1 is 1.60 bits per heavy atom. The molecule has 6 nitrogen and oxygen atoms in total. The summed E-state index contributed by atoms with van der Waals surface area (Å²) in [6, 6.07) is 0. The zero-order valence-electron chi connectivity index (χ0n) is 9.02. The fourth-order valence-electron chi connectivity index (χ4n) is 1.85. The van der Waals surface area contributed by atoms with Crippen molar-refractivity contribution in [3.05, 3.63) is 10.4 Å². The molecule has 0 bridgehead atoms. The van der Waals surface area contributed by atoms with E-state index in [1.807, 2.05) is 0 Å². The van der Waals surface area contributed by atoms with Gasteiger partial charge in [0.15, 0.2) is 0 Å². The molecule has 0 aromatic rings. The summed E-state index contributed by atoms with van der Waals surface area (Å²) in [7, 11) is 1.68. The van der Waals surface area contributed by atoms with Gasteiger partial charge >= 0.3 is 0 Å². The highest BCUT2D eigenvalue weighted by Crippen LogP contribution is 2.16. The number of hydrogen-bond donors (Lipinski definition) is 1. The molecule has 84 valence electrons. The Kier molecular flexibility index (Phi) is 4.93. The normalized spacial score (nSPS) is 18.2. The van der Waals surface area contributed by atoms with E-state index in [1.165, 1.54) is 0 Å². The van der Waals surface area contributed by atoms with E-state index in [0.717, 1.165) is 32.5 Å². The SMILES string of the molecule is CNC(=O)C1CCN(CCN=[N+]=[N-])CC1. The van der Waals surface area contributed by atoms with Gasteiger partial charge in [0.25, 0.3) is 0 Å². The lowest BCUT2D eigenvalue weighted by Gasteiger charge is -2.30. The number of carbonyl (C=O) groups excluding carboxylic acids is 1. The molecule has 1 aliphatic heterocycles. The largest absolute Gasteiger partial charge is 0.359 e. The second-order valence-corrected chi connectivity index (χ2v) is 3.68. The molecule has 1 saturated heterocycles. The third-order valence-electron chi connectivity index (χ3n) is 2.78. The Balaban J connectivity index is 2.23. The number of piperidine rings is 1. The summed E-state index contributed by atoms with van der Waals surface area (Å²) >= 11 is 0. The molecule has 0 aliphatic carbocycles. The Morgan fingerprint density at radius 2 is 2.27 bits per heavy atom. The van der Waals surface area contributed by atoms with Crippen LogP contribution in [0.2, 0.25) is 0 Å². The van der Waals surface area contributed by atoms with Crippen LogP contribution in [0, 0.1) is 5.92 Å². The van der Waals surface area contributed by atoms with Gasteiger partial charge in [0.05, 0.1) is 0 Å². The van der Waals surface area contributed by atoms with E-state index in [2.05, 4.69) is 20.2 Å². The predicted octanol–water partition coefficient (Wildman–Crippen LogP) is 0.755. The molecule has 0 aromatic carbocycles. The van der Waals surface area contributed by atoms with Crippen LogP contribution in [0.3, 0.4) is 0 Å². The quantitative estimate of drug-likeness (QED) is 0.423. The lowest BCUT2D eigenvalue weighted by molar-refractivity contribution is -0.125. The minimum atomic E-state index is 0.143. The molecular weight excluding hydrogens is 194 g/mol. The van der Waals surface area contributed by atoms with Gasteiger partial charge in [-0.2, -0.15) is 0 Å². The van der Waals surface area contributed by atoms with Crippen LogP contribution >= 0.6 is 0 Å². The van der Waals surface area contributed by atoms with Crippen LogP contribution in [0.4, 0.5) is 0 Å². The molecule has 0 radical (unpaired) electrons. The molecule has 0 saturated carbocycles. The van der Waals surface area contributed by atoms with Gasteiger partial charge in [-0.05, 0) is 31.5 Å². The summed E-state index contributed by atoms with van der Waals surface area (Å²) in [5.41, 5.74) is 8.13. The fourth-order valence-corrected chi connectivity index (χ4v) is 1.85. The number of rotatable bonds is 4. The first-order chi connectivity index (χ1) is 7.27. The number of likely N-dealkylation sites (tertiary alicyclic amines) is 1. The smallest absolute Gasteiger partial charge is 0.222 e. The summed E-state index contributed by atoms with van der Waals surface area (Å²) < 4.78 is 0. The second kappa shape index (κ2) is 6.27. The van der Waals surface area contributed by atoms with Crippen molar-refractivity contribution in [2.45, 2.75) is 12.8 Å². The number of hydrogen-bond acceptors (Lipinski definition) is 3. The van der Waals surface area contributed by atoms with Crippen molar-refractivity contribution in [1.82, 2.24) is 10.2 Å². The van der Waals surface area contributed by atoms with E-state index < -0.39 is 0 Å². The summed E-state index contributed by atoms with van der Waals surface area (Å²) in [5, 5.41) is 6.17. The molecular formula is C9H17N5O. The second-order valence-electron chi connectivity index (χ2n) is 3.68. The molecule has 1 amide bonds. The molecule has 15 heavy (non-hydrogen) atoms. The minimum absolute atomic E-state index is 0.143. The van der Waals surface area contributed by atoms with Crippen LogP contribution in [-0.2, 0) is 4.79 Å². The highest BCUT2D eigenvalue weighted by atomic mass is 16.1. The summed E-state index contributed by atoms with van der Waals surface area (Å²) in [6.07, 6.45) is 1.80. The van der Waals surface area contributed by atoms with Crippen molar-refractivity contribution < 1.29 is 4.79 Å². The first kappa shape index (κ1) is 11.8. The van der Waals surface area contributed by atoms with E-state index in [0.29, 0.717) is 6.54 Å². The highest BCUT2D eigenvalue weighted by molar-refractivity contribution is 5.78. The molecule has 1 heterocycles. The standard InChI is InChI=1S/C9H17N5O/c1-11-9(15)8-2-5-14(6-3-8)7-4-12-13-10/h8H,2-7H2,1H3,(H,11,15). The minimum Gasteiger partial charge on any atom is -0.359 e. The molecule has 1 rings (SSSR count).